The van der Waals surface area contributed by atoms with Gasteiger partial charge < -0.3 is 10.3 Å². The Labute approximate surface area is 105 Å². The molecule has 1 fully saturated rings. The van der Waals surface area contributed by atoms with Crippen LogP contribution in [0.5, 0.6) is 0 Å². The van der Waals surface area contributed by atoms with Crippen LogP contribution in [0, 0.1) is 11.7 Å². The summed E-state index contributed by atoms with van der Waals surface area (Å²) in [5.74, 6) is 1.38. The molecule has 0 bridgehead atoms. The van der Waals surface area contributed by atoms with Gasteiger partial charge in [-0.3, -0.25) is 0 Å². The topological polar surface area (TPSA) is 40.7 Å². The third kappa shape index (κ3) is 2.29. The molecule has 1 saturated heterocycles. The second-order valence-corrected chi connectivity index (χ2v) is 4.79. The molecule has 1 aliphatic heterocycles. The zero-order valence-corrected chi connectivity index (χ0v) is 10.1. The Morgan fingerprint density at radius 3 is 3.00 bits per heavy atom. The highest BCUT2D eigenvalue weighted by molar-refractivity contribution is 5.59. The monoisotopic (exact) mass is 245 g/mol. The number of benzene rings is 1. The van der Waals surface area contributed by atoms with E-state index in [0.29, 0.717) is 11.5 Å². The number of rotatable bonds is 3. The van der Waals surface area contributed by atoms with Crippen molar-refractivity contribution in [2.45, 2.75) is 12.8 Å². The first kappa shape index (κ1) is 11.4. The third-order valence-electron chi connectivity index (χ3n) is 3.44. The van der Waals surface area contributed by atoms with Gasteiger partial charge in [0.2, 0.25) is 0 Å². The summed E-state index contributed by atoms with van der Waals surface area (Å²) in [7, 11) is 0. The van der Waals surface area contributed by atoms with Gasteiger partial charge in [-0.2, -0.15) is 0 Å². The van der Waals surface area contributed by atoms with E-state index < -0.39 is 0 Å². The smallest absolute Gasteiger partial charge is 0.132 e. The summed E-state index contributed by atoms with van der Waals surface area (Å²) in [5, 5.41) is 3.34. The summed E-state index contributed by atoms with van der Waals surface area (Å²) < 4.78 is 13.6. The van der Waals surface area contributed by atoms with Crippen molar-refractivity contribution < 1.29 is 4.39 Å². The number of H-pyrrole nitrogens is 1. The first-order valence-electron chi connectivity index (χ1n) is 6.32. The van der Waals surface area contributed by atoms with Crippen molar-refractivity contribution in [2.24, 2.45) is 5.92 Å². The number of hydrogen-bond acceptors (Lipinski definition) is 2. The second kappa shape index (κ2) is 4.90. The fourth-order valence-electron chi connectivity index (χ4n) is 2.44. The van der Waals surface area contributed by atoms with E-state index in [1.54, 1.807) is 18.3 Å². The predicted molar refractivity (Wildman–Crippen MR) is 68.7 cm³/mol. The molecule has 18 heavy (non-hydrogen) atoms. The number of aromatic amines is 1. The van der Waals surface area contributed by atoms with E-state index in [1.807, 2.05) is 6.07 Å². The number of hydrogen-bond donors (Lipinski definition) is 2. The summed E-state index contributed by atoms with van der Waals surface area (Å²) in [4.78, 5) is 7.57. The van der Waals surface area contributed by atoms with Gasteiger partial charge in [-0.25, -0.2) is 9.37 Å². The van der Waals surface area contributed by atoms with Crippen molar-refractivity contribution in [3.63, 3.8) is 0 Å². The van der Waals surface area contributed by atoms with Crippen LogP contribution in [0.2, 0.25) is 0 Å². The van der Waals surface area contributed by atoms with Gasteiger partial charge in [0.05, 0.1) is 11.9 Å². The molecule has 0 aliphatic carbocycles. The van der Waals surface area contributed by atoms with Gasteiger partial charge in [-0.15, -0.1) is 0 Å². The zero-order valence-electron chi connectivity index (χ0n) is 10.1. The molecule has 2 heterocycles. The van der Waals surface area contributed by atoms with Crippen molar-refractivity contribution >= 4 is 0 Å². The van der Waals surface area contributed by atoms with Crippen molar-refractivity contribution in [2.75, 3.05) is 13.1 Å². The van der Waals surface area contributed by atoms with E-state index in [0.717, 1.165) is 31.0 Å². The van der Waals surface area contributed by atoms with Gasteiger partial charge in [-0.05, 0) is 37.6 Å². The highest BCUT2D eigenvalue weighted by Crippen LogP contribution is 2.21. The van der Waals surface area contributed by atoms with E-state index >= 15 is 0 Å². The van der Waals surface area contributed by atoms with E-state index in [2.05, 4.69) is 15.3 Å². The Bertz CT molecular complexity index is 529. The fourth-order valence-corrected chi connectivity index (χ4v) is 2.44. The lowest BCUT2D eigenvalue weighted by Gasteiger charge is -2.04. The second-order valence-electron chi connectivity index (χ2n) is 4.79. The molecule has 2 N–H and O–H groups in total. The standard InChI is InChI=1S/C14H16FN3/c15-12-4-2-1-3-11(12)13-9-17-14(18-13)7-10-5-6-16-8-10/h1-4,9-10,16H,5-8H2,(H,17,18). The van der Waals surface area contributed by atoms with Gasteiger partial charge >= 0.3 is 0 Å². The molecule has 1 aromatic heterocycles. The highest BCUT2D eigenvalue weighted by Gasteiger charge is 2.17. The molecule has 0 spiro atoms. The van der Waals surface area contributed by atoms with Gasteiger partial charge in [0.1, 0.15) is 11.6 Å². The minimum Gasteiger partial charge on any atom is -0.342 e. The largest absolute Gasteiger partial charge is 0.342 e. The van der Waals surface area contributed by atoms with Crippen LogP contribution in [0.25, 0.3) is 11.3 Å². The molecule has 2 aromatic rings. The summed E-state index contributed by atoms with van der Waals surface area (Å²) in [6.45, 7) is 2.14. The maximum absolute atomic E-state index is 13.6. The van der Waals surface area contributed by atoms with Crippen LogP contribution in [-0.4, -0.2) is 23.1 Å². The maximum Gasteiger partial charge on any atom is 0.132 e. The lowest BCUT2D eigenvalue weighted by molar-refractivity contribution is 0.565. The van der Waals surface area contributed by atoms with Crippen LogP contribution in [-0.2, 0) is 6.42 Å². The van der Waals surface area contributed by atoms with Crippen molar-refractivity contribution in [1.82, 2.24) is 15.3 Å². The molecule has 94 valence electrons. The molecule has 3 rings (SSSR count). The number of imidazole rings is 1. The average Bonchev–Trinajstić information content (AvgIpc) is 3.02. The minimum atomic E-state index is -0.213. The summed E-state index contributed by atoms with van der Waals surface area (Å²) in [6, 6.07) is 6.76. The average molecular weight is 245 g/mol. The Balaban J connectivity index is 1.79. The molecular weight excluding hydrogens is 229 g/mol. The van der Waals surface area contributed by atoms with Crippen LogP contribution >= 0.6 is 0 Å². The van der Waals surface area contributed by atoms with E-state index in [9.17, 15) is 4.39 Å². The number of nitrogens with zero attached hydrogens (tertiary/aromatic N) is 1. The fraction of sp³-hybridized carbons (Fsp3) is 0.357. The van der Waals surface area contributed by atoms with Gasteiger partial charge in [0, 0.05) is 12.0 Å². The Hall–Kier alpha value is -1.68. The summed E-state index contributed by atoms with van der Waals surface area (Å²) in [6.07, 6.45) is 3.84. The lowest BCUT2D eigenvalue weighted by Crippen LogP contribution is -2.11. The van der Waals surface area contributed by atoms with Crippen LogP contribution < -0.4 is 5.32 Å². The van der Waals surface area contributed by atoms with Gasteiger partial charge in [0.15, 0.2) is 0 Å². The number of halogens is 1. The molecule has 1 aliphatic rings. The SMILES string of the molecule is Fc1ccccc1-c1cnc(CC2CCNC2)[nH]1. The molecule has 4 heteroatoms. The molecule has 0 radical (unpaired) electrons. The first-order chi connectivity index (χ1) is 8.83. The van der Waals surface area contributed by atoms with Gasteiger partial charge in [0.25, 0.3) is 0 Å². The minimum absolute atomic E-state index is 0.213. The normalized spacial score (nSPS) is 19.3. The van der Waals surface area contributed by atoms with Gasteiger partial charge in [-0.1, -0.05) is 12.1 Å². The predicted octanol–water partition coefficient (Wildman–Crippen LogP) is 2.37. The molecule has 0 saturated carbocycles. The molecule has 1 unspecified atom stereocenters. The Kier molecular flexibility index (Phi) is 3.11. The number of nitrogens with one attached hydrogen (secondary N) is 2. The Morgan fingerprint density at radius 1 is 1.33 bits per heavy atom. The first-order valence-corrected chi connectivity index (χ1v) is 6.32. The van der Waals surface area contributed by atoms with Crippen molar-refractivity contribution in [3.8, 4) is 11.3 Å². The summed E-state index contributed by atoms with van der Waals surface area (Å²) in [5.41, 5.74) is 1.34. The van der Waals surface area contributed by atoms with E-state index in [1.165, 1.54) is 12.5 Å². The quantitative estimate of drug-likeness (QED) is 0.871. The molecular formula is C14H16FN3. The Morgan fingerprint density at radius 2 is 2.22 bits per heavy atom. The van der Waals surface area contributed by atoms with Crippen LogP contribution in [0.4, 0.5) is 4.39 Å². The van der Waals surface area contributed by atoms with E-state index in [-0.39, 0.29) is 5.82 Å². The maximum atomic E-state index is 13.6. The van der Waals surface area contributed by atoms with Crippen LogP contribution in [0.15, 0.2) is 30.5 Å². The van der Waals surface area contributed by atoms with E-state index in [4.69, 9.17) is 0 Å². The molecule has 1 aromatic carbocycles. The van der Waals surface area contributed by atoms with Crippen LogP contribution in [0.3, 0.4) is 0 Å². The molecule has 1 atom stereocenters. The highest BCUT2D eigenvalue weighted by atomic mass is 19.1. The molecule has 3 nitrogen and oxygen atoms in total. The summed E-state index contributed by atoms with van der Waals surface area (Å²) >= 11 is 0. The third-order valence-corrected chi connectivity index (χ3v) is 3.44. The molecule has 0 amide bonds. The lowest BCUT2D eigenvalue weighted by atomic mass is 10.1. The number of aromatic nitrogens is 2. The van der Waals surface area contributed by atoms with Crippen LogP contribution in [0.1, 0.15) is 12.2 Å². The van der Waals surface area contributed by atoms with Crippen molar-refractivity contribution in [1.29, 1.82) is 0 Å². The van der Waals surface area contributed by atoms with Crippen molar-refractivity contribution in [3.05, 3.63) is 42.1 Å². The zero-order chi connectivity index (χ0) is 12.4.